The molecule has 1 atom stereocenters. The van der Waals surface area contributed by atoms with Crippen LogP contribution in [0.5, 0.6) is 0 Å². The van der Waals surface area contributed by atoms with E-state index in [0.29, 0.717) is 5.92 Å². The van der Waals surface area contributed by atoms with E-state index < -0.39 is 0 Å². The number of H-pyrrole nitrogens is 1. The lowest BCUT2D eigenvalue weighted by molar-refractivity contribution is 0.197. The summed E-state index contributed by atoms with van der Waals surface area (Å²) < 4.78 is 1.89. The van der Waals surface area contributed by atoms with Crippen molar-refractivity contribution in [3.8, 4) is 0 Å². The summed E-state index contributed by atoms with van der Waals surface area (Å²) in [6, 6.07) is 2.09. The van der Waals surface area contributed by atoms with Crippen LogP contribution in [0.25, 0.3) is 0 Å². The molecule has 0 unspecified atom stereocenters. The minimum atomic E-state index is 0.594. The number of hydrogen-bond acceptors (Lipinski definition) is 4. The Hall–Kier alpha value is -1.69. The van der Waals surface area contributed by atoms with Crippen LogP contribution in [0.15, 0.2) is 24.9 Å². The van der Waals surface area contributed by atoms with E-state index in [0.717, 1.165) is 19.6 Å². The number of rotatable bonds is 4. The zero-order chi connectivity index (χ0) is 12.2. The predicted molar refractivity (Wildman–Crippen MR) is 67.0 cm³/mol. The Morgan fingerprint density at radius 1 is 1.39 bits per heavy atom. The maximum atomic E-state index is 4.13. The second kappa shape index (κ2) is 5.30. The first kappa shape index (κ1) is 11.4. The quantitative estimate of drug-likeness (QED) is 0.870. The first-order chi connectivity index (χ1) is 8.92. The van der Waals surface area contributed by atoms with Crippen molar-refractivity contribution >= 4 is 0 Å². The molecule has 0 aromatic carbocycles. The average molecular weight is 246 g/mol. The Kier molecular flexibility index (Phi) is 3.36. The third-order valence-corrected chi connectivity index (χ3v) is 3.58. The molecule has 2 aromatic heterocycles. The number of aromatic amines is 1. The Bertz CT molecular complexity index is 449. The number of nitrogens with zero attached hydrogens (tertiary/aromatic N) is 5. The van der Waals surface area contributed by atoms with Gasteiger partial charge in [0.25, 0.3) is 0 Å². The van der Waals surface area contributed by atoms with Crippen molar-refractivity contribution in [2.45, 2.75) is 25.3 Å². The summed E-state index contributed by atoms with van der Waals surface area (Å²) in [6.45, 7) is 4.24. The van der Waals surface area contributed by atoms with Gasteiger partial charge in [0.15, 0.2) is 0 Å². The standard InChI is InChI=1S/C12H18N6/c1-2-11(12-3-4-14-16-12)8-17(5-1)6-7-18-10-13-9-15-18/h3-4,9-11H,1-2,5-8H2,(H,14,16)/t11-/m1/s1. The molecular formula is C12H18N6. The highest BCUT2D eigenvalue weighted by Crippen LogP contribution is 2.24. The summed E-state index contributed by atoms with van der Waals surface area (Å²) in [5.41, 5.74) is 1.26. The Balaban J connectivity index is 1.54. The van der Waals surface area contributed by atoms with E-state index in [1.807, 2.05) is 10.9 Å². The SMILES string of the molecule is c1cc([C@@H]2CCCN(CCn3cncn3)C2)[nH]n1. The third kappa shape index (κ3) is 2.59. The van der Waals surface area contributed by atoms with Crippen molar-refractivity contribution in [3.05, 3.63) is 30.6 Å². The van der Waals surface area contributed by atoms with Crippen LogP contribution in [0, 0.1) is 0 Å². The van der Waals surface area contributed by atoms with E-state index in [-0.39, 0.29) is 0 Å². The summed E-state index contributed by atoms with van der Waals surface area (Å²) in [4.78, 5) is 6.46. The molecule has 1 N–H and O–H groups in total. The fourth-order valence-corrected chi connectivity index (χ4v) is 2.60. The van der Waals surface area contributed by atoms with Crippen LogP contribution in [0.4, 0.5) is 0 Å². The highest BCUT2D eigenvalue weighted by Gasteiger charge is 2.21. The molecule has 0 spiro atoms. The van der Waals surface area contributed by atoms with E-state index in [1.54, 1.807) is 12.7 Å². The van der Waals surface area contributed by atoms with Crippen LogP contribution >= 0.6 is 0 Å². The largest absolute Gasteiger partial charge is 0.301 e. The number of piperidine rings is 1. The number of aromatic nitrogens is 5. The summed E-state index contributed by atoms with van der Waals surface area (Å²) >= 11 is 0. The summed E-state index contributed by atoms with van der Waals surface area (Å²) in [6.07, 6.45) is 7.70. The molecule has 0 saturated carbocycles. The fourth-order valence-electron chi connectivity index (χ4n) is 2.60. The number of likely N-dealkylation sites (tertiary alicyclic amines) is 1. The molecule has 1 aliphatic rings. The molecule has 3 heterocycles. The lowest BCUT2D eigenvalue weighted by Gasteiger charge is -2.32. The van der Waals surface area contributed by atoms with Crippen molar-refractivity contribution in [1.82, 2.24) is 29.9 Å². The molecule has 6 heteroatoms. The normalized spacial score (nSPS) is 21.2. The zero-order valence-electron chi connectivity index (χ0n) is 10.4. The van der Waals surface area contributed by atoms with E-state index >= 15 is 0 Å². The van der Waals surface area contributed by atoms with Gasteiger partial charge in [0.05, 0.1) is 6.54 Å². The molecule has 3 rings (SSSR count). The van der Waals surface area contributed by atoms with Crippen molar-refractivity contribution < 1.29 is 0 Å². The Morgan fingerprint density at radius 2 is 2.39 bits per heavy atom. The first-order valence-corrected chi connectivity index (χ1v) is 6.46. The van der Waals surface area contributed by atoms with Crippen LogP contribution in [-0.4, -0.2) is 49.5 Å². The van der Waals surface area contributed by atoms with Crippen LogP contribution in [-0.2, 0) is 6.54 Å². The van der Waals surface area contributed by atoms with Crippen LogP contribution in [0.3, 0.4) is 0 Å². The summed E-state index contributed by atoms with van der Waals surface area (Å²) in [7, 11) is 0. The minimum absolute atomic E-state index is 0.594. The van der Waals surface area contributed by atoms with Gasteiger partial charge in [0.2, 0.25) is 0 Å². The molecule has 96 valence electrons. The third-order valence-electron chi connectivity index (χ3n) is 3.58. The molecule has 0 amide bonds. The second-order valence-corrected chi connectivity index (χ2v) is 4.81. The monoisotopic (exact) mass is 246 g/mol. The van der Waals surface area contributed by atoms with E-state index in [9.17, 15) is 0 Å². The zero-order valence-corrected chi connectivity index (χ0v) is 10.4. The molecule has 0 radical (unpaired) electrons. The van der Waals surface area contributed by atoms with Gasteiger partial charge in [-0.1, -0.05) is 0 Å². The Labute approximate surface area is 106 Å². The lowest BCUT2D eigenvalue weighted by Crippen LogP contribution is -2.36. The molecule has 6 nitrogen and oxygen atoms in total. The van der Waals surface area contributed by atoms with Gasteiger partial charge in [0.1, 0.15) is 12.7 Å². The first-order valence-electron chi connectivity index (χ1n) is 6.46. The van der Waals surface area contributed by atoms with E-state index in [2.05, 4.69) is 31.2 Å². The fraction of sp³-hybridized carbons (Fsp3) is 0.583. The highest BCUT2D eigenvalue weighted by atomic mass is 15.3. The molecule has 0 aliphatic carbocycles. The molecular weight excluding hydrogens is 228 g/mol. The molecule has 1 aliphatic heterocycles. The van der Waals surface area contributed by atoms with Gasteiger partial charge in [-0.2, -0.15) is 10.2 Å². The highest BCUT2D eigenvalue weighted by molar-refractivity contribution is 5.07. The van der Waals surface area contributed by atoms with E-state index in [1.165, 1.54) is 25.1 Å². The predicted octanol–water partition coefficient (Wildman–Crippen LogP) is 0.881. The van der Waals surface area contributed by atoms with Crippen LogP contribution in [0.2, 0.25) is 0 Å². The molecule has 2 aromatic rings. The summed E-state index contributed by atoms with van der Waals surface area (Å²) in [5.74, 6) is 0.594. The lowest BCUT2D eigenvalue weighted by atomic mass is 9.95. The van der Waals surface area contributed by atoms with Crippen molar-refractivity contribution in [1.29, 1.82) is 0 Å². The number of hydrogen-bond donors (Lipinski definition) is 1. The van der Waals surface area contributed by atoms with Crippen molar-refractivity contribution in [2.24, 2.45) is 0 Å². The Morgan fingerprint density at radius 3 is 3.17 bits per heavy atom. The van der Waals surface area contributed by atoms with Gasteiger partial charge in [0, 0.05) is 30.9 Å². The smallest absolute Gasteiger partial charge is 0.137 e. The van der Waals surface area contributed by atoms with E-state index in [4.69, 9.17) is 0 Å². The molecule has 0 bridgehead atoms. The van der Waals surface area contributed by atoms with Crippen LogP contribution < -0.4 is 0 Å². The molecule has 18 heavy (non-hydrogen) atoms. The number of nitrogens with one attached hydrogen (secondary N) is 1. The minimum Gasteiger partial charge on any atom is -0.301 e. The molecule has 1 fully saturated rings. The topological polar surface area (TPSA) is 62.6 Å². The van der Waals surface area contributed by atoms with Gasteiger partial charge in [-0.3, -0.25) is 9.78 Å². The average Bonchev–Trinajstić information content (AvgIpc) is 3.10. The van der Waals surface area contributed by atoms with Crippen molar-refractivity contribution in [3.63, 3.8) is 0 Å². The van der Waals surface area contributed by atoms with Crippen LogP contribution in [0.1, 0.15) is 24.5 Å². The molecule has 1 saturated heterocycles. The van der Waals surface area contributed by atoms with Crippen molar-refractivity contribution in [2.75, 3.05) is 19.6 Å². The second-order valence-electron chi connectivity index (χ2n) is 4.81. The maximum Gasteiger partial charge on any atom is 0.137 e. The van der Waals surface area contributed by atoms with Gasteiger partial charge < -0.3 is 4.90 Å². The van der Waals surface area contributed by atoms with Gasteiger partial charge in [-0.05, 0) is 25.5 Å². The maximum absolute atomic E-state index is 4.13. The van der Waals surface area contributed by atoms with Gasteiger partial charge in [-0.15, -0.1) is 0 Å². The van der Waals surface area contributed by atoms with Gasteiger partial charge >= 0.3 is 0 Å². The van der Waals surface area contributed by atoms with Gasteiger partial charge in [-0.25, -0.2) is 4.98 Å². The summed E-state index contributed by atoms with van der Waals surface area (Å²) in [5, 5.41) is 11.3.